The lowest BCUT2D eigenvalue weighted by molar-refractivity contribution is -0.137. The normalized spacial score (nSPS) is 13.6. The zero-order valence-corrected chi connectivity index (χ0v) is 25.9. The molecule has 1 unspecified atom stereocenters. The Labute approximate surface area is 256 Å². The highest BCUT2D eigenvalue weighted by Crippen LogP contribution is 2.37. The van der Waals surface area contributed by atoms with E-state index >= 15 is 0 Å². The van der Waals surface area contributed by atoms with Gasteiger partial charge in [-0.3, -0.25) is 0 Å². The first kappa shape index (κ1) is 32.5. The van der Waals surface area contributed by atoms with Gasteiger partial charge in [0, 0.05) is 39.6 Å². The minimum absolute atomic E-state index is 0.0251. The van der Waals surface area contributed by atoms with E-state index < -0.39 is 39.6 Å². The zero-order valence-electron chi connectivity index (χ0n) is 25.1. The molecule has 44 heavy (non-hydrogen) atoms. The number of carbonyl (C=O) groups excluding carboxylic acids is 1. The number of benzene rings is 2. The number of hydrogen-bond acceptors (Lipinski definition) is 10. The first-order chi connectivity index (χ1) is 20.9. The standard InChI is InChI=1S/C30H37FN6O6S/c1-5-36(6-2)29-32-18-26(37(22-11-12-22)19-44(41,42)24-15-9-21(31)10-16-24)27(34-29)33-25(28(38)39)17-20-7-13-23(14-8-20)43-30(40)35(3)4/h7-10,13-16,18,22,25H,5-6,11-12,17,19H2,1-4H3,(H,38,39)(H,32,33,34). The van der Waals surface area contributed by atoms with Gasteiger partial charge >= 0.3 is 12.1 Å². The monoisotopic (exact) mass is 628 g/mol. The van der Waals surface area contributed by atoms with Crippen molar-refractivity contribution in [2.75, 3.05) is 48.2 Å². The Morgan fingerprint density at radius 1 is 1.07 bits per heavy atom. The van der Waals surface area contributed by atoms with Crippen molar-refractivity contribution in [3.63, 3.8) is 0 Å². The highest BCUT2D eigenvalue weighted by molar-refractivity contribution is 7.91. The Kier molecular flexibility index (Phi) is 10.2. The molecular formula is C30H37FN6O6S. The summed E-state index contributed by atoms with van der Waals surface area (Å²) in [4.78, 5) is 38.3. The van der Waals surface area contributed by atoms with Crippen molar-refractivity contribution in [2.45, 2.75) is 50.1 Å². The maximum absolute atomic E-state index is 13.5. The van der Waals surface area contributed by atoms with E-state index in [2.05, 4.69) is 15.3 Å². The average Bonchev–Trinajstić information content (AvgIpc) is 3.83. The van der Waals surface area contributed by atoms with E-state index in [1.54, 1.807) is 43.3 Å². The Hall–Kier alpha value is -4.46. The molecule has 1 saturated carbocycles. The number of aromatic nitrogens is 2. The molecular weight excluding hydrogens is 591 g/mol. The molecule has 2 aromatic carbocycles. The average molecular weight is 629 g/mol. The summed E-state index contributed by atoms with van der Waals surface area (Å²) in [5, 5.41) is 13.2. The van der Waals surface area contributed by atoms with E-state index in [1.165, 1.54) is 23.2 Å². The van der Waals surface area contributed by atoms with Gasteiger partial charge in [-0.2, -0.15) is 4.98 Å². The Balaban J connectivity index is 1.66. The van der Waals surface area contributed by atoms with Gasteiger partial charge in [0.25, 0.3) is 0 Å². The lowest BCUT2D eigenvalue weighted by Crippen LogP contribution is -2.36. The summed E-state index contributed by atoms with van der Waals surface area (Å²) in [7, 11) is -0.753. The molecule has 1 heterocycles. The van der Waals surface area contributed by atoms with Gasteiger partial charge < -0.3 is 29.9 Å². The van der Waals surface area contributed by atoms with Gasteiger partial charge in [-0.15, -0.1) is 0 Å². The molecule has 3 aromatic rings. The number of amides is 1. The Morgan fingerprint density at radius 2 is 1.70 bits per heavy atom. The maximum Gasteiger partial charge on any atom is 0.414 e. The van der Waals surface area contributed by atoms with E-state index in [-0.39, 0.29) is 23.2 Å². The molecule has 1 aliphatic carbocycles. The Morgan fingerprint density at radius 3 is 2.25 bits per heavy atom. The zero-order chi connectivity index (χ0) is 32.0. The van der Waals surface area contributed by atoms with E-state index in [0.29, 0.717) is 36.0 Å². The minimum Gasteiger partial charge on any atom is -0.480 e. The second-order valence-corrected chi connectivity index (χ2v) is 12.6. The number of ether oxygens (including phenoxy) is 1. The SMILES string of the molecule is CCN(CC)c1ncc(N(CS(=O)(=O)c2ccc(F)cc2)C2CC2)c(NC(Cc2ccc(OC(=O)N(C)C)cc2)C(=O)O)n1. The number of aliphatic carboxylic acids is 1. The summed E-state index contributed by atoms with van der Waals surface area (Å²) in [6, 6.07) is 9.89. The summed E-state index contributed by atoms with van der Waals surface area (Å²) in [6.07, 6.45) is 2.52. The number of carboxylic acids is 1. The van der Waals surface area contributed by atoms with E-state index in [0.717, 1.165) is 25.0 Å². The number of rotatable bonds is 14. The molecule has 1 aromatic heterocycles. The molecule has 236 valence electrons. The van der Waals surface area contributed by atoms with Crippen LogP contribution in [0.3, 0.4) is 0 Å². The van der Waals surface area contributed by atoms with Crippen LogP contribution in [0.15, 0.2) is 59.6 Å². The molecule has 1 atom stereocenters. The van der Waals surface area contributed by atoms with Crippen LogP contribution in [-0.2, 0) is 21.1 Å². The van der Waals surface area contributed by atoms with Crippen LogP contribution in [-0.4, -0.2) is 85.6 Å². The van der Waals surface area contributed by atoms with Crippen molar-refractivity contribution in [1.82, 2.24) is 14.9 Å². The number of anilines is 3. The molecule has 14 heteroatoms. The lowest BCUT2D eigenvalue weighted by Gasteiger charge is -2.29. The molecule has 1 aliphatic rings. The van der Waals surface area contributed by atoms with Crippen molar-refractivity contribution in [2.24, 2.45) is 0 Å². The van der Waals surface area contributed by atoms with E-state index in [4.69, 9.17) is 4.74 Å². The van der Waals surface area contributed by atoms with Gasteiger partial charge in [0.05, 0.1) is 16.8 Å². The number of nitrogens with zero attached hydrogens (tertiary/aromatic N) is 5. The largest absolute Gasteiger partial charge is 0.480 e. The second-order valence-electron chi connectivity index (χ2n) is 10.6. The van der Waals surface area contributed by atoms with E-state index in [9.17, 15) is 27.5 Å². The molecule has 4 rings (SSSR count). The lowest BCUT2D eigenvalue weighted by atomic mass is 10.1. The fraction of sp³-hybridized carbons (Fsp3) is 0.400. The number of carbonyl (C=O) groups is 2. The minimum atomic E-state index is -3.88. The molecule has 0 aliphatic heterocycles. The van der Waals surface area contributed by atoms with Gasteiger partial charge in [0.1, 0.15) is 23.5 Å². The predicted octanol–water partition coefficient (Wildman–Crippen LogP) is 4.03. The molecule has 1 amide bonds. The quantitative estimate of drug-likeness (QED) is 0.250. The van der Waals surface area contributed by atoms with Crippen LogP contribution in [0.2, 0.25) is 0 Å². The molecule has 0 bridgehead atoms. The fourth-order valence-electron chi connectivity index (χ4n) is 4.49. The van der Waals surface area contributed by atoms with Crippen LogP contribution in [0.5, 0.6) is 5.75 Å². The van der Waals surface area contributed by atoms with Crippen LogP contribution in [0, 0.1) is 5.82 Å². The second kappa shape index (κ2) is 13.9. The Bertz CT molecular complexity index is 1560. The number of sulfone groups is 1. The van der Waals surface area contributed by atoms with Gasteiger partial charge in [-0.1, -0.05) is 12.1 Å². The fourth-order valence-corrected chi connectivity index (χ4v) is 5.90. The summed E-state index contributed by atoms with van der Waals surface area (Å²) < 4.78 is 45.5. The highest BCUT2D eigenvalue weighted by atomic mass is 32.2. The first-order valence-corrected chi connectivity index (χ1v) is 15.9. The van der Waals surface area contributed by atoms with Crippen molar-refractivity contribution in [3.05, 3.63) is 66.1 Å². The molecule has 0 radical (unpaired) electrons. The highest BCUT2D eigenvalue weighted by Gasteiger charge is 2.36. The van der Waals surface area contributed by atoms with E-state index in [1.807, 2.05) is 18.7 Å². The van der Waals surface area contributed by atoms with Gasteiger partial charge in [0.15, 0.2) is 15.7 Å². The van der Waals surface area contributed by atoms with Gasteiger partial charge in [-0.05, 0) is 68.7 Å². The summed E-state index contributed by atoms with van der Waals surface area (Å²) in [5.74, 6) is -1.23. The smallest absolute Gasteiger partial charge is 0.414 e. The molecule has 2 N–H and O–H groups in total. The summed E-state index contributed by atoms with van der Waals surface area (Å²) >= 11 is 0. The van der Waals surface area contributed by atoms with Gasteiger partial charge in [-0.25, -0.2) is 27.4 Å². The van der Waals surface area contributed by atoms with Gasteiger partial charge in [0.2, 0.25) is 5.95 Å². The number of hydrogen-bond donors (Lipinski definition) is 2. The van der Waals surface area contributed by atoms with Crippen LogP contribution in [0.4, 0.5) is 26.6 Å². The molecule has 0 saturated heterocycles. The number of halogens is 1. The van der Waals surface area contributed by atoms with Crippen LogP contribution in [0.1, 0.15) is 32.3 Å². The molecule has 0 spiro atoms. The third-order valence-electron chi connectivity index (χ3n) is 7.12. The maximum atomic E-state index is 13.5. The third-order valence-corrected chi connectivity index (χ3v) is 8.73. The first-order valence-electron chi connectivity index (χ1n) is 14.3. The van der Waals surface area contributed by atoms with Crippen LogP contribution >= 0.6 is 0 Å². The van der Waals surface area contributed by atoms with Crippen molar-refractivity contribution in [3.8, 4) is 5.75 Å². The van der Waals surface area contributed by atoms with Crippen LogP contribution in [0.25, 0.3) is 0 Å². The predicted molar refractivity (Wildman–Crippen MR) is 164 cm³/mol. The van der Waals surface area contributed by atoms with Crippen molar-refractivity contribution in [1.29, 1.82) is 0 Å². The molecule has 1 fully saturated rings. The number of nitrogens with one attached hydrogen (secondary N) is 1. The summed E-state index contributed by atoms with van der Waals surface area (Å²) in [5.41, 5.74) is 1.01. The third kappa shape index (κ3) is 8.13. The van der Waals surface area contributed by atoms with Crippen molar-refractivity contribution < 1.29 is 32.2 Å². The molecule has 12 nitrogen and oxygen atoms in total. The van der Waals surface area contributed by atoms with Crippen molar-refractivity contribution >= 4 is 39.4 Å². The number of carboxylic acid groups (broad SMARTS) is 1. The van der Waals surface area contributed by atoms with Crippen LogP contribution < -0.4 is 19.9 Å². The topological polar surface area (TPSA) is 145 Å². The summed E-state index contributed by atoms with van der Waals surface area (Å²) in [6.45, 7) is 5.10.